The van der Waals surface area contributed by atoms with Gasteiger partial charge in [0, 0.05) is 26.2 Å². The number of sulfonamides is 1. The molecule has 1 aliphatic rings. The third-order valence-corrected chi connectivity index (χ3v) is 5.62. The zero-order valence-corrected chi connectivity index (χ0v) is 14.7. The lowest BCUT2D eigenvalue weighted by Gasteiger charge is -2.26. The Morgan fingerprint density at radius 1 is 1.22 bits per heavy atom. The van der Waals surface area contributed by atoms with Gasteiger partial charge in [-0.25, -0.2) is 8.42 Å². The van der Waals surface area contributed by atoms with E-state index in [9.17, 15) is 8.42 Å². The molecule has 0 bridgehead atoms. The van der Waals surface area contributed by atoms with Gasteiger partial charge in [-0.05, 0) is 25.0 Å². The third-order valence-electron chi connectivity index (χ3n) is 3.79. The molecule has 1 fully saturated rings. The second kappa shape index (κ2) is 8.59. The SMILES string of the molecule is CC(C)=CCNCc1ccccc1CS(=O)(=O)N1CCOCC1. The lowest BCUT2D eigenvalue weighted by atomic mass is 10.1. The molecule has 128 valence electrons. The van der Waals surface area contributed by atoms with Crippen LogP contribution in [0.1, 0.15) is 25.0 Å². The van der Waals surface area contributed by atoms with E-state index in [1.807, 2.05) is 24.3 Å². The van der Waals surface area contributed by atoms with Crippen molar-refractivity contribution in [3.8, 4) is 0 Å². The van der Waals surface area contributed by atoms with E-state index in [1.165, 1.54) is 9.88 Å². The van der Waals surface area contributed by atoms with Gasteiger partial charge in [-0.1, -0.05) is 35.9 Å². The van der Waals surface area contributed by atoms with E-state index in [-0.39, 0.29) is 5.75 Å². The number of benzene rings is 1. The van der Waals surface area contributed by atoms with E-state index >= 15 is 0 Å². The smallest absolute Gasteiger partial charge is 0.218 e. The van der Waals surface area contributed by atoms with Gasteiger partial charge in [-0.3, -0.25) is 0 Å². The van der Waals surface area contributed by atoms with Gasteiger partial charge in [0.2, 0.25) is 10.0 Å². The van der Waals surface area contributed by atoms with Crippen LogP contribution in [0.4, 0.5) is 0 Å². The van der Waals surface area contributed by atoms with Crippen LogP contribution in [0.3, 0.4) is 0 Å². The average Bonchev–Trinajstić information content (AvgIpc) is 2.53. The average molecular weight is 338 g/mol. The summed E-state index contributed by atoms with van der Waals surface area (Å²) in [6.07, 6.45) is 2.12. The monoisotopic (exact) mass is 338 g/mol. The quantitative estimate of drug-likeness (QED) is 0.609. The molecule has 23 heavy (non-hydrogen) atoms. The molecule has 0 saturated carbocycles. The van der Waals surface area contributed by atoms with Crippen LogP contribution in [0, 0.1) is 0 Å². The van der Waals surface area contributed by atoms with Crippen molar-refractivity contribution in [3.05, 3.63) is 47.0 Å². The number of nitrogens with one attached hydrogen (secondary N) is 1. The van der Waals surface area contributed by atoms with Crippen molar-refractivity contribution in [2.75, 3.05) is 32.8 Å². The molecule has 1 aromatic carbocycles. The molecule has 6 heteroatoms. The summed E-state index contributed by atoms with van der Waals surface area (Å²) in [5, 5.41) is 3.33. The van der Waals surface area contributed by atoms with Crippen molar-refractivity contribution >= 4 is 10.0 Å². The van der Waals surface area contributed by atoms with Gasteiger partial charge in [0.05, 0.1) is 19.0 Å². The molecule has 2 rings (SSSR count). The van der Waals surface area contributed by atoms with Crippen molar-refractivity contribution in [2.45, 2.75) is 26.1 Å². The minimum atomic E-state index is -3.29. The number of ether oxygens (including phenoxy) is 1. The largest absolute Gasteiger partial charge is 0.379 e. The Balaban J connectivity index is 2.03. The standard InChI is InChI=1S/C17H26N2O3S/c1-15(2)7-8-18-13-16-5-3-4-6-17(16)14-23(20,21)19-9-11-22-12-10-19/h3-7,18H,8-14H2,1-2H3. The first kappa shape index (κ1) is 18.1. The van der Waals surface area contributed by atoms with Gasteiger partial charge >= 0.3 is 0 Å². The Kier molecular flexibility index (Phi) is 6.77. The third kappa shape index (κ3) is 5.73. The molecule has 0 spiro atoms. The number of hydrogen-bond acceptors (Lipinski definition) is 4. The zero-order chi connectivity index (χ0) is 16.7. The summed E-state index contributed by atoms with van der Waals surface area (Å²) in [5.41, 5.74) is 3.16. The highest BCUT2D eigenvalue weighted by atomic mass is 32.2. The predicted octanol–water partition coefficient (Wildman–Crippen LogP) is 1.90. The lowest BCUT2D eigenvalue weighted by molar-refractivity contribution is 0.0729. The van der Waals surface area contributed by atoms with Gasteiger partial charge in [0.15, 0.2) is 0 Å². The molecule has 0 unspecified atom stereocenters. The first-order valence-electron chi connectivity index (χ1n) is 7.95. The summed E-state index contributed by atoms with van der Waals surface area (Å²) in [7, 11) is -3.29. The molecule has 0 radical (unpaired) electrons. The molecule has 0 aliphatic carbocycles. The van der Waals surface area contributed by atoms with Crippen LogP contribution < -0.4 is 5.32 Å². The maximum Gasteiger partial charge on any atom is 0.218 e. The fourth-order valence-electron chi connectivity index (χ4n) is 2.47. The minimum absolute atomic E-state index is 0.0491. The zero-order valence-electron chi connectivity index (χ0n) is 13.9. The molecule has 1 saturated heterocycles. The summed E-state index contributed by atoms with van der Waals surface area (Å²) in [4.78, 5) is 0. The van der Waals surface area contributed by atoms with E-state index < -0.39 is 10.0 Å². The molecular formula is C17H26N2O3S. The first-order valence-corrected chi connectivity index (χ1v) is 9.56. The van der Waals surface area contributed by atoms with E-state index in [1.54, 1.807) is 0 Å². The molecule has 0 aromatic heterocycles. The number of hydrogen-bond donors (Lipinski definition) is 1. The maximum atomic E-state index is 12.6. The molecule has 1 aliphatic heterocycles. The van der Waals surface area contributed by atoms with Crippen LogP contribution in [0.5, 0.6) is 0 Å². The van der Waals surface area contributed by atoms with Crippen LogP contribution in [-0.4, -0.2) is 45.6 Å². The van der Waals surface area contributed by atoms with Crippen molar-refractivity contribution in [1.82, 2.24) is 9.62 Å². The van der Waals surface area contributed by atoms with Gasteiger partial charge in [0.1, 0.15) is 0 Å². The summed E-state index contributed by atoms with van der Waals surface area (Å²) < 4.78 is 31.9. The second-order valence-corrected chi connectivity index (χ2v) is 7.92. The second-order valence-electron chi connectivity index (χ2n) is 5.95. The normalized spacial score (nSPS) is 16.3. The van der Waals surface area contributed by atoms with Crippen molar-refractivity contribution in [3.63, 3.8) is 0 Å². The van der Waals surface area contributed by atoms with Crippen LogP contribution in [0.2, 0.25) is 0 Å². The Bertz CT molecular complexity index is 631. The Morgan fingerprint density at radius 2 is 1.87 bits per heavy atom. The predicted molar refractivity (Wildman–Crippen MR) is 92.6 cm³/mol. The van der Waals surface area contributed by atoms with Crippen molar-refractivity contribution in [1.29, 1.82) is 0 Å². The fraction of sp³-hybridized carbons (Fsp3) is 0.529. The molecule has 5 nitrogen and oxygen atoms in total. The molecule has 0 atom stereocenters. The number of nitrogens with zero attached hydrogens (tertiary/aromatic N) is 1. The van der Waals surface area contributed by atoms with E-state index in [4.69, 9.17) is 4.74 Å². The lowest BCUT2D eigenvalue weighted by Crippen LogP contribution is -2.41. The summed E-state index contributed by atoms with van der Waals surface area (Å²) in [6.45, 7) is 7.42. The first-order chi connectivity index (χ1) is 11.0. The van der Waals surface area contributed by atoms with Crippen molar-refractivity contribution in [2.24, 2.45) is 0 Å². The topological polar surface area (TPSA) is 58.6 Å². The van der Waals surface area contributed by atoms with E-state index in [0.717, 1.165) is 17.7 Å². The molecule has 1 N–H and O–H groups in total. The number of allylic oxidation sites excluding steroid dienone is 1. The fourth-order valence-corrected chi connectivity index (χ4v) is 4.03. The Labute approximate surface area is 139 Å². The molecule has 0 amide bonds. The highest BCUT2D eigenvalue weighted by Gasteiger charge is 2.25. The van der Waals surface area contributed by atoms with Gasteiger partial charge in [0.25, 0.3) is 0 Å². The molecule has 1 heterocycles. The van der Waals surface area contributed by atoms with E-state index in [0.29, 0.717) is 32.8 Å². The van der Waals surface area contributed by atoms with Gasteiger partial charge < -0.3 is 10.1 Å². The van der Waals surface area contributed by atoms with Crippen LogP contribution in [-0.2, 0) is 27.1 Å². The Hall–Kier alpha value is -1.21. The molecule has 1 aromatic rings. The molecular weight excluding hydrogens is 312 g/mol. The van der Waals surface area contributed by atoms with E-state index in [2.05, 4.69) is 25.2 Å². The number of rotatable bonds is 7. The minimum Gasteiger partial charge on any atom is -0.379 e. The summed E-state index contributed by atoms with van der Waals surface area (Å²) >= 11 is 0. The number of morpholine rings is 1. The van der Waals surface area contributed by atoms with Crippen LogP contribution >= 0.6 is 0 Å². The van der Waals surface area contributed by atoms with Crippen LogP contribution in [0.15, 0.2) is 35.9 Å². The van der Waals surface area contributed by atoms with Crippen LogP contribution in [0.25, 0.3) is 0 Å². The maximum absolute atomic E-state index is 12.6. The van der Waals surface area contributed by atoms with Gasteiger partial charge in [-0.2, -0.15) is 4.31 Å². The van der Waals surface area contributed by atoms with Gasteiger partial charge in [-0.15, -0.1) is 0 Å². The highest BCUT2D eigenvalue weighted by molar-refractivity contribution is 7.88. The Morgan fingerprint density at radius 3 is 2.52 bits per heavy atom. The van der Waals surface area contributed by atoms with Crippen molar-refractivity contribution < 1.29 is 13.2 Å². The summed E-state index contributed by atoms with van der Waals surface area (Å²) in [5.74, 6) is 0.0491. The summed E-state index contributed by atoms with van der Waals surface area (Å²) in [6, 6.07) is 7.72. The highest BCUT2D eigenvalue weighted by Crippen LogP contribution is 2.16.